The van der Waals surface area contributed by atoms with Crippen molar-refractivity contribution in [1.82, 2.24) is 0 Å². The van der Waals surface area contributed by atoms with Gasteiger partial charge in [-0.2, -0.15) is 0 Å². The summed E-state index contributed by atoms with van der Waals surface area (Å²) in [7, 11) is -4.13. The number of halogens is 1. The summed E-state index contributed by atoms with van der Waals surface area (Å²) in [4.78, 5) is 13.1. The van der Waals surface area contributed by atoms with Gasteiger partial charge in [0.05, 0.1) is 17.2 Å². The highest BCUT2D eigenvalue weighted by Gasteiger charge is 2.29. The van der Waals surface area contributed by atoms with E-state index in [1.165, 1.54) is 24.3 Å². The summed E-state index contributed by atoms with van der Waals surface area (Å²) < 4.78 is 39.7. The number of rotatable bonds is 10. The average molecular weight is 537 g/mol. The fraction of sp³-hybridized carbons (Fsp3) is 0.107. The van der Waals surface area contributed by atoms with E-state index in [1.807, 2.05) is 30.3 Å². The van der Waals surface area contributed by atoms with Gasteiger partial charge in [-0.1, -0.05) is 41.9 Å². The van der Waals surface area contributed by atoms with Crippen molar-refractivity contribution in [2.75, 3.05) is 22.8 Å². The van der Waals surface area contributed by atoms with Crippen LogP contribution in [-0.2, 0) is 14.8 Å². The third-order valence-corrected chi connectivity index (χ3v) is 7.27. The first kappa shape index (κ1) is 26.1. The Morgan fingerprint density at radius 1 is 0.838 bits per heavy atom. The molecule has 1 N–H and O–H groups in total. The summed E-state index contributed by atoms with van der Waals surface area (Å²) >= 11 is 5.95. The molecule has 0 aliphatic carbocycles. The Hall–Kier alpha value is -4.01. The van der Waals surface area contributed by atoms with Crippen LogP contribution in [0.5, 0.6) is 17.2 Å². The zero-order valence-electron chi connectivity index (χ0n) is 20.0. The molecule has 0 unspecified atom stereocenters. The fourth-order valence-electron chi connectivity index (χ4n) is 3.54. The topological polar surface area (TPSA) is 84.9 Å². The van der Waals surface area contributed by atoms with Gasteiger partial charge in [-0.3, -0.25) is 9.10 Å². The maximum atomic E-state index is 13.6. The molecule has 9 heteroatoms. The summed E-state index contributed by atoms with van der Waals surface area (Å²) in [6.45, 7) is 1.65. The average Bonchev–Trinajstić information content (AvgIpc) is 2.90. The number of carbonyl (C=O) groups is 1. The highest BCUT2D eigenvalue weighted by atomic mass is 35.5. The van der Waals surface area contributed by atoms with E-state index in [0.29, 0.717) is 34.6 Å². The van der Waals surface area contributed by atoms with Gasteiger partial charge in [-0.15, -0.1) is 0 Å². The van der Waals surface area contributed by atoms with Crippen LogP contribution in [0.15, 0.2) is 108 Å². The molecule has 0 aliphatic rings. The van der Waals surface area contributed by atoms with E-state index < -0.39 is 22.5 Å². The highest BCUT2D eigenvalue weighted by molar-refractivity contribution is 7.92. The number of nitrogens with one attached hydrogen (secondary N) is 1. The summed E-state index contributed by atoms with van der Waals surface area (Å²) in [5, 5.41) is 3.16. The normalized spacial score (nSPS) is 11.0. The molecule has 4 aromatic rings. The van der Waals surface area contributed by atoms with Crippen molar-refractivity contribution in [3.63, 3.8) is 0 Å². The van der Waals surface area contributed by atoms with Crippen LogP contribution in [0.4, 0.5) is 11.4 Å². The van der Waals surface area contributed by atoms with E-state index >= 15 is 0 Å². The number of benzene rings is 4. The predicted molar refractivity (Wildman–Crippen MR) is 145 cm³/mol. The van der Waals surface area contributed by atoms with Gasteiger partial charge in [0.15, 0.2) is 0 Å². The second kappa shape index (κ2) is 11.8. The van der Waals surface area contributed by atoms with Crippen molar-refractivity contribution in [3.05, 3.63) is 108 Å². The van der Waals surface area contributed by atoms with Gasteiger partial charge >= 0.3 is 0 Å². The molecule has 4 rings (SSSR count). The van der Waals surface area contributed by atoms with Gasteiger partial charge in [0.1, 0.15) is 23.8 Å². The standard InChI is InChI=1S/C28H25ClN2O5S/c1-2-35-27-11-7-6-10-26(27)31(37(33,34)25-18-12-21(29)13-19-25)20-28(32)30-22-14-16-24(17-15-22)36-23-8-4-3-5-9-23/h3-19H,2,20H2,1H3,(H,30,32). The predicted octanol–water partition coefficient (Wildman–Crippen LogP) is 6.37. The Kier molecular flexibility index (Phi) is 8.32. The zero-order chi connectivity index (χ0) is 26.3. The molecule has 0 radical (unpaired) electrons. The maximum absolute atomic E-state index is 13.6. The van der Waals surface area contributed by atoms with Crippen molar-refractivity contribution in [2.24, 2.45) is 0 Å². The van der Waals surface area contributed by atoms with E-state index in [4.69, 9.17) is 21.1 Å². The van der Waals surface area contributed by atoms with Crippen LogP contribution in [0.1, 0.15) is 6.92 Å². The van der Waals surface area contributed by atoms with Gasteiger partial charge in [0, 0.05) is 10.7 Å². The molecule has 0 heterocycles. The molecule has 1 amide bonds. The first-order chi connectivity index (χ1) is 17.9. The highest BCUT2D eigenvalue weighted by Crippen LogP contribution is 2.33. The van der Waals surface area contributed by atoms with E-state index in [-0.39, 0.29) is 10.6 Å². The fourth-order valence-corrected chi connectivity index (χ4v) is 5.09. The van der Waals surface area contributed by atoms with E-state index in [2.05, 4.69) is 5.32 Å². The lowest BCUT2D eigenvalue weighted by molar-refractivity contribution is -0.114. The zero-order valence-corrected chi connectivity index (χ0v) is 21.6. The van der Waals surface area contributed by atoms with Crippen LogP contribution in [0.25, 0.3) is 0 Å². The van der Waals surface area contributed by atoms with Crippen molar-refractivity contribution >= 4 is 38.9 Å². The van der Waals surface area contributed by atoms with E-state index in [9.17, 15) is 13.2 Å². The molecule has 0 aromatic heterocycles. The van der Waals surface area contributed by atoms with Gasteiger partial charge in [0.25, 0.3) is 10.0 Å². The molecule has 7 nitrogen and oxygen atoms in total. The lowest BCUT2D eigenvalue weighted by atomic mass is 10.2. The quantitative estimate of drug-likeness (QED) is 0.255. The second-order valence-electron chi connectivity index (χ2n) is 7.85. The van der Waals surface area contributed by atoms with E-state index in [1.54, 1.807) is 55.5 Å². The molecule has 0 atom stereocenters. The van der Waals surface area contributed by atoms with Gasteiger partial charge in [-0.05, 0) is 79.7 Å². The van der Waals surface area contributed by atoms with Crippen LogP contribution in [0.2, 0.25) is 5.02 Å². The number of carbonyl (C=O) groups excluding carboxylic acids is 1. The molecule has 37 heavy (non-hydrogen) atoms. The Bertz CT molecular complexity index is 1440. The largest absolute Gasteiger partial charge is 0.492 e. The Morgan fingerprint density at radius 2 is 1.46 bits per heavy atom. The number of ether oxygens (including phenoxy) is 2. The number of anilines is 2. The van der Waals surface area contributed by atoms with Crippen LogP contribution < -0.4 is 19.1 Å². The summed E-state index contributed by atoms with van der Waals surface area (Å²) in [5.41, 5.74) is 0.744. The smallest absolute Gasteiger partial charge is 0.264 e. The molecule has 0 saturated heterocycles. The number of hydrogen-bond donors (Lipinski definition) is 1. The van der Waals surface area contributed by atoms with Gasteiger partial charge in [0.2, 0.25) is 5.91 Å². The Labute approximate surface area is 221 Å². The molecular formula is C28H25ClN2O5S. The Morgan fingerprint density at radius 3 is 2.14 bits per heavy atom. The number of hydrogen-bond acceptors (Lipinski definition) is 5. The third kappa shape index (κ3) is 6.61. The summed E-state index contributed by atoms with van der Waals surface area (Å²) in [6, 6.07) is 28.6. The van der Waals surface area contributed by atoms with Crippen LogP contribution in [0.3, 0.4) is 0 Å². The number of amides is 1. The van der Waals surface area contributed by atoms with Gasteiger partial charge in [-0.25, -0.2) is 8.42 Å². The molecule has 0 fully saturated rings. The molecular weight excluding hydrogens is 512 g/mol. The van der Waals surface area contributed by atoms with Crippen LogP contribution >= 0.6 is 11.6 Å². The van der Waals surface area contributed by atoms with Crippen molar-refractivity contribution in [1.29, 1.82) is 0 Å². The minimum absolute atomic E-state index is 0.00147. The monoisotopic (exact) mass is 536 g/mol. The van der Waals surface area contributed by atoms with E-state index in [0.717, 1.165) is 4.31 Å². The SMILES string of the molecule is CCOc1ccccc1N(CC(=O)Nc1ccc(Oc2ccccc2)cc1)S(=O)(=O)c1ccc(Cl)cc1. The van der Waals surface area contributed by atoms with Crippen molar-refractivity contribution in [2.45, 2.75) is 11.8 Å². The molecule has 0 saturated carbocycles. The minimum atomic E-state index is -4.13. The lowest BCUT2D eigenvalue weighted by Gasteiger charge is -2.26. The molecule has 0 spiro atoms. The van der Waals surface area contributed by atoms with Crippen LogP contribution in [-0.4, -0.2) is 27.5 Å². The third-order valence-electron chi connectivity index (χ3n) is 5.24. The lowest BCUT2D eigenvalue weighted by Crippen LogP contribution is -2.38. The number of sulfonamides is 1. The van der Waals surface area contributed by atoms with Crippen LogP contribution in [0, 0.1) is 0 Å². The van der Waals surface area contributed by atoms with Crippen molar-refractivity contribution < 1.29 is 22.7 Å². The Balaban J connectivity index is 1.57. The molecule has 0 aliphatic heterocycles. The number of nitrogens with zero attached hydrogens (tertiary/aromatic N) is 1. The maximum Gasteiger partial charge on any atom is 0.264 e. The molecule has 4 aromatic carbocycles. The summed E-state index contributed by atoms with van der Waals surface area (Å²) in [6.07, 6.45) is 0. The summed E-state index contributed by atoms with van der Waals surface area (Å²) in [5.74, 6) is 1.11. The first-order valence-electron chi connectivity index (χ1n) is 11.5. The van der Waals surface area contributed by atoms with Crippen molar-refractivity contribution in [3.8, 4) is 17.2 Å². The first-order valence-corrected chi connectivity index (χ1v) is 13.3. The number of para-hydroxylation sites is 3. The molecule has 0 bridgehead atoms. The van der Waals surface area contributed by atoms with Gasteiger partial charge < -0.3 is 14.8 Å². The second-order valence-corrected chi connectivity index (χ2v) is 10.2. The minimum Gasteiger partial charge on any atom is -0.492 e. The molecule has 190 valence electrons.